The molecule has 3 aromatic carbocycles. The van der Waals surface area contributed by atoms with Crippen LogP contribution >= 0.6 is 0 Å². The first kappa shape index (κ1) is 40.9. The predicted octanol–water partition coefficient (Wildman–Crippen LogP) is 9.06. The lowest BCUT2D eigenvalue weighted by atomic mass is 9.92. The fourth-order valence-corrected chi connectivity index (χ4v) is 8.69. The summed E-state index contributed by atoms with van der Waals surface area (Å²) < 4.78 is 5.57. The van der Waals surface area contributed by atoms with E-state index in [4.69, 9.17) is 14.7 Å². The number of nitrogens with zero attached hydrogens (tertiary/aromatic N) is 4. The smallest absolute Gasteiger partial charge is 0.408 e. The number of hydrogen-bond acceptors (Lipinski definition) is 6. The summed E-state index contributed by atoms with van der Waals surface area (Å²) in [4.78, 5) is 61.5. The van der Waals surface area contributed by atoms with E-state index in [2.05, 4.69) is 45.9 Å². The molecule has 2 aromatic heterocycles. The van der Waals surface area contributed by atoms with Crippen molar-refractivity contribution < 1.29 is 19.1 Å². The lowest BCUT2D eigenvalue weighted by Crippen LogP contribution is -2.52. The Kier molecular flexibility index (Phi) is 11.1. The predicted molar refractivity (Wildman–Crippen MR) is 233 cm³/mol. The average Bonchev–Trinajstić information content (AvgIpc) is 3.71. The Morgan fingerprint density at radius 3 is 2.28 bits per heavy atom. The number of amides is 3. The summed E-state index contributed by atoms with van der Waals surface area (Å²) in [5.74, 6) is 8.25. The number of likely N-dealkylation sites (tertiary alicyclic amines) is 2. The summed E-state index contributed by atoms with van der Waals surface area (Å²) in [7, 11) is 0. The quantitative estimate of drug-likeness (QED) is 0.127. The molecule has 11 nitrogen and oxygen atoms in total. The summed E-state index contributed by atoms with van der Waals surface area (Å²) in [5.41, 5.74) is 5.87. The molecule has 5 atom stereocenters. The Hall–Kier alpha value is -5.89. The van der Waals surface area contributed by atoms with Crippen molar-refractivity contribution in [3.05, 3.63) is 107 Å². The van der Waals surface area contributed by atoms with E-state index in [1.165, 1.54) is 12.8 Å². The van der Waals surface area contributed by atoms with Gasteiger partial charge in [-0.1, -0.05) is 82.0 Å². The molecule has 2 saturated heterocycles. The minimum Gasteiger partial charge on any atom is -0.444 e. The van der Waals surface area contributed by atoms with Crippen LogP contribution in [0.1, 0.15) is 127 Å². The van der Waals surface area contributed by atoms with Gasteiger partial charge in [-0.3, -0.25) is 9.59 Å². The van der Waals surface area contributed by atoms with Crippen LogP contribution in [0.3, 0.4) is 0 Å². The number of H-pyrrole nitrogens is 2. The van der Waals surface area contributed by atoms with Crippen molar-refractivity contribution in [3.63, 3.8) is 0 Å². The number of aromatic amines is 2. The normalized spacial score (nSPS) is 19.9. The SMILES string of the molecule is CC(C)[C@H](C)C(=O)N1CC2(CC2)C[C@H]1c1nc2ccc(C#Cc3ccc(-c4cnc([C@@H]5CCCN5C(=O)[C@H](NC(=O)OC(C)(C)C)[C@H](C)c5ccccc5)[nH]4)cc3)cc2[nH]1. The summed E-state index contributed by atoms with van der Waals surface area (Å²) in [5, 5.41) is 2.90. The van der Waals surface area contributed by atoms with Gasteiger partial charge in [-0.15, -0.1) is 0 Å². The number of hydrogen-bond donors (Lipinski definition) is 3. The lowest BCUT2D eigenvalue weighted by Gasteiger charge is -2.32. The number of carbonyl (C=O) groups excluding carboxylic acids is 3. The summed E-state index contributed by atoms with van der Waals surface area (Å²) >= 11 is 0. The van der Waals surface area contributed by atoms with Gasteiger partial charge in [0.25, 0.3) is 0 Å². The zero-order valence-corrected chi connectivity index (χ0v) is 35.8. The highest BCUT2D eigenvalue weighted by Crippen LogP contribution is 2.58. The number of alkyl carbamates (subject to hydrolysis) is 1. The van der Waals surface area contributed by atoms with Gasteiger partial charge in [0.1, 0.15) is 23.3 Å². The molecule has 60 heavy (non-hydrogen) atoms. The number of nitrogens with one attached hydrogen (secondary N) is 3. The third-order valence-corrected chi connectivity index (χ3v) is 12.7. The molecule has 0 radical (unpaired) electrons. The number of rotatable bonds is 9. The highest BCUT2D eigenvalue weighted by Gasteiger charge is 2.54. The van der Waals surface area contributed by atoms with Crippen LogP contribution < -0.4 is 5.32 Å². The monoisotopic (exact) mass is 807 g/mol. The molecule has 2 aliphatic heterocycles. The molecule has 0 bridgehead atoms. The van der Waals surface area contributed by atoms with Crippen LogP contribution in [0.4, 0.5) is 4.79 Å². The van der Waals surface area contributed by atoms with Crippen molar-refractivity contribution in [2.45, 2.75) is 110 Å². The Balaban J connectivity index is 0.947. The first-order valence-electron chi connectivity index (χ1n) is 21.5. The highest BCUT2D eigenvalue weighted by molar-refractivity contribution is 5.87. The molecule has 11 heteroatoms. The van der Waals surface area contributed by atoms with Crippen molar-refractivity contribution in [1.82, 2.24) is 35.1 Å². The molecule has 1 spiro atoms. The number of carbonyl (C=O) groups is 3. The van der Waals surface area contributed by atoms with Gasteiger partial charge < -0.3 is 29.8 Å². The molecule has 3 amide bonds. The van der Waals surface area contributed by atoms with Gasteiger partial charge in [0.05, 0.1) is 35.0 Å². The zero-order valence-electron chi connectivity index (χ0n) is 35.8. The van der Waals surface area contributed by atoms with E-state index in [1.807, 2.05) is 97.7 Å². The molecule has 4 heterocycles. The Bertz CT molecular complexity index is 2430. The van der Waals surface area contributed by atoms with Gasteiger partial charge in [0.2, 0.25) is 11.8 Å². The molecular weight excluding hydrogens is 751 g/mol. The standard InChI is InChI=1S/C49H57N7O4/c1-30(2)31(3)45(57)56-29-49(23-24-49)27-41(56)44-51-37-22-19-34(26-38(37)52-44)16-15-33-17-20-36(21-18-33)39-28-50-43(53-39)40-14-11-25-55(40)46(58)42(54-47(59)60-48(5,6)7)32(4)35-12-9-8-10-13-35/h8-10,12-13,17-22,26,28,30-32,40-42H,11,14,23-25,27,29H2,1-7H3,(H,50,53)(H,51,52)(H,54,59)/t31-,32+,40-,41-,42+/m0/s1. The Morgan fingerprint density at radius 1 is 0.867 bits per heavy atom. The number of benzene rings is 3. The average molecular weight is 808 g/mol. The number of aromatic nitrogens is 4. The second kappa shape index (κ2) is 16.3. The molecule has 3 aliphatic rings. The maximum atomic E-state index is 14.3. The number of fused-ring (bicyclic) bond motifs is 1. The van der Waals surface area contributed by atoms with Crippen molar-refractivity contribution >= 4 is 28.9 Å². The largest absolute Gasteiger partial charge is 0.444 e. The van der Waals surface area contributed by atoms with Crippen LogP contribution in [0.5, 0.6) is 0 Å². The van der Waals surface area contributed by atoms with E-state index in [0.29, 0.717) is 18.3 Å². The second-order valence-electron chi connectivity index (χ2n) is 18.6. The molecule has 8 rings (SSSR count). The minimum atomic E-state index is -0.821. The van der Waals surface area contributed by atoms with E-state index in [0.717, 1.165) is 70.6 Å². The van der Waals surface area contributed by atoms with Crippen molar-refractivity contribution in [3.8, 4) is 23.1 Å². The fourth-order valence-electron chi connectivity index (χ4n) is 8.69. The van der Waals surface area contributed by atoms with Crippen LogP contribution in [-0.4, -0.2) is 72.4 Å². The van der Waals surface area contributed by atoms with E-state index < -0.39 is 17.7 Å². The van der Waals surface area contributed by atoms with Gasteiger partial charge in [-0.05, 0) is 106 Å². The molecule has 312 valence electrons. The van der Waals surface area contributed by atoms with Gasteiger partial charge in [-0.25, -0.2) is 14.8 Å². The first-order valence-corrected chi connectivity index (χ1v) is 21.5. The molecule has 0 unspecified atom stereocenters. The molecule has 3 N–H and O–H groups in total. The maximum Gasteiger partial charge on any atom is 0.408 e. The van der Waals surface area contributed by atoms with Gasteiger partial charge in [-0.2, -0.15) is 0 Å². The van der Waals surface area contributed by atoms with Crippen molar-refractivity contribution in [2.75, 3.05) is 13.1 Å². The van der Waals surface area contributed by atoms with Gasteiger partial charge in [0.15, 0.2) is 0 Å². The third kappa shape index (κ3) is 8.70. The molecule has 5 aromatic rings. The number of ether oxygens (including phenoxy) is 1. The second-order valence-corrected chi connectivity index (χ2v) is 18.6. The van der Waals surface area contributed by atoms with Crippen LogP contribution in [0, 0.1) is 29.1 Å². The van der Waals surface area contributed by atoms with Crippen LogP contribution in [0.25, 0.3) is 22.3 Å². The van der Waals surface area contributed by atoms with Crippen molar-refractivity contribution in [2.24, 2.45) is 17.3 Å². The van der Waals surface area contributed by atoms with Gasteiger partial charge in [0, 0.05) is 36.1 Å². The van der Waals surface area contributed by atoms with E-state index in [-0.39, 0.29) is 41.1 Å². The molecule has 1 aliphatic carbocycles. The van der Waals surface area contributed by atoms with Crippen LogP contribution in [-0.2, 0) is 14.3 Å². The number of imidazole rings is 2. The first-order chi connectivity index (χ1) is 28.7. The van der Waals surface area contributed by atoms with Crippen LogP contribution in [0.2, 0.25) is 0 Å². The van der Waals surface area contributed by atoms with E-state index in [1.54, 1.807) is 20.8 Å². The van der Waals surface area contributed by atoms with Crippen molar-refractivity contribution in [1.29, 1.82) is 0 Å². The molecule has 3 fully saturated rings. The maximum absolute atomic E-state index is 14.3. The summed E-state index contributed by atoms with van der Waals surface area (Å²) in [6.45, 7) is 15.0. The third-order valence-electron chi connectivity index (χ3n) is 12.7. The molecular formula is C49H57N7O4. The Morgan fingerprint density at radius 2 is 1.58 bits per heavy atom. The minimum absolute atomic E-state index is 0.0240. The highest BCUT2D eigenvalue weighted by atomic mass is 16.6. The van der Waals surface area contributed by atoms with E-state index >= 15 is 0 Å². The summed E-state index contributed by atoms with van der Waals surface area (Å²) in [6.07, 6.45) is 6.10. The fraction of sp³-hybridized carbons (Fsp3) is 0.449. The molecule has 1 saturated carbocycles. The van der Waals surface area contributed by atoms with Gasteiger partial charge >= 0.3 is 6.09 Å². The zero-order chi connectivity index (χ0) is 42.3. The topological polar surface area (TPSA) is 136 Å². The summed E-state index contributed by atoms with van der Waals surface area (Å²) in [6, 6.07) is 22.7. The van der Waals surface area contributed by atoms with Crippen LogP contribution in [0.15, 0.2) is 79.0 Å². The lowest BCUT2D eigenvalue weighted by molar-refractivity contribution is -0.137. The van der Waals surface area contributed by atoms with E-state index in [9.17, 15) is 14.4 Å². The Labute approximate surface area is 353 Å².